The topological polar surface area (TPSA) is 90.2 Å². The van der Waals surface area contributed by atoms with E-state index in [4.69, 9.17) is 10.4 Å². The van der Waals surface area contributed by atoms with E-state index in [0.29, 0.717) is 32.2 Å². The van der Waals surface area contributed by atoms with Crippen molar-refractivity contribution in [2.75, 3.05) is 6.54 Å². The molecule has 0 aromatic carbocycles. The van der Waals surface area contributed by atoms with Crippen LogP contribution < -0.4 is 5.32 Å². The number of carboxylic acids is 1. The lowest BCUT2D eigenvalue weighted by molar-refractivity contribution is -0.152. The van der Waals surface area contributed by atoms with Gasteiger partial charge in [0.2, 0.25) is 5.91 Å². The molecule has 0 saturated carbocycles. The van der Waals surface area contributed by atoms with E-state index < -0.39 is 11.4 Å². The van der Waals surface area contributed by atoms with Crippen LogP contribution in [0.2, 0.25) is 0 Å². The molecule has 1 amide bonds. The smallest absolute Gasteiger partial charge is 0.310 e. The van der Waals surface area contributed by atoms with Crippen molar-refractivity contribution in [2.24, 2.45) is 5.41 Å². The van der Waals surface area contributed by atoms with Gasteiger partial charge in [0.25, 0.3) is 0 Å². The molecule has 96 valence electrons. The van der Waals surface area contributed by atoms with Crippen LogP contribution in [-0.2, 0) is 9.59 Å². The van der Waals surface area contributed by atoms with E-state index in [2.05, 4.69) is 5.32 Å². The number of nitrogens with zero attached hydrogens (tertiary/aromatic N) is 1. The molecule has 0 bridgehead atoms. The van der Waals surface area contributed by atoms with Gasteiger partial charge in [0.1, 0.15) is 0 Å². The van der Waals surface area contributed by atoms with Gasteiger partial charge in [-0.05, 0) is 19.3 Å². The molecule has 5 nitrogen and oxygen atoms in total. The third-order valence-corrected chi connectivity index (χ3v) is 3.09. The lowest BCUT2D eigenvalue weighted by Gasteiger charge is -2.25. The summed E-state index contributed by atoms with van der Waals surface area (Å²) in [5.74, 6) is -1.18. The molecule has 0 radical (unpaired) electrons. The van der Waals surface area contributed by atoms with E-state index in [-0.39, 0.29) is 12.3 Å². The van der Waals surface area contributed by atoms with Gasteiger partial charge in [0, 0.05) is 19.4 Å². The molecular weight excluding hydrogens is 220 g/mol. The standard InChI is InChI=1S/C12H20N2O3/c1-3-12(4-2,11(16)17)9-10(15)14-8-6-5-7-13/h3-6,8-9H2,1-2H3,(H,14,15)(H,16,17). The quantitative estimate of drug-likeness (QED) is 0.632. The van der Waals surface area contributed by atoms with Gasteiger partial charge in [-0.15, -0.1) is 0 Å². The van der Waals surface area contributed by atoms with E-state index in [1.54, 1.807) is 13.8 Å². The number of hydrogen-bond acceptors (Lipinski definition) is 3. The summed E-state index contributed by atoms with van der Waals surface area (Å²) in [4.78, 5) is 22.8. The van der Waals surface area contributed by atoms with Crippen molar-refractivity contribution in [1.29, 1.82) is 5.26 Å². The zero-order valence-electron chi connectivity index (χ0n) is 10.5. The molecule has 0 spiro atoms. The average molecular weight is 240 g/mol. The molecular formula is C12H20N2O3. The van der Waals surface area contributed by atoms with Crippen LogP contribution in [0.4, 0.5) is 0 Å². The fourth-order valence-corrected chi connectivity index (χ4v) is 1.64. The van der Waals surface area contributed by atoms with Gasteiger partial charge in [0.05, 0.1) is 11.5 Å². The van der Waals surface area contributed by atoms with Gasteiger partial charge in [-0.3, -0.25) is 9.59 Å². The summed E-state index contributed by atoms with van der Waals surface area (Å²) >= 11 is 0. The van der Waals surface area contributed by atoms with Crippen LogP contribution in [0.3, 0.4) is 0 Å². The first kappa shape index (κ1) is 15.4. The minimum atomic E-state index is -0.959. The summed E-state index contributed by atoms with van der Waals surface area (Å²) in [7, 11) is 0. The van der Waals surface area contributed by atoms with Gasteiger partial charge in [-0.25, -0.2) is 0 Å². The highest BCUT2D eigenvalue weighted by Gasteiger charge is 2.36. The molecule has 0 fully saturated rings. The lowest BCUT2D eigenvalue weighted by Crippen LogP contribution is -2.37. The number of carbonyl (C=O) groups excluding carboxylic acids is 1. The molecule has 0 aromatic rings. The molecule has 2 N–H and O–H groups in total. The van der Waals surface area contributed by atoms with E-state index in [9.17, 15) is 9.59 Å². The third kappa shape index (κ3) is 4.85. The number of nitrogens with one attached hydrogen (secondary N) is 1. The number of carbonyl (C=O) groups is 2. The highest BCUT2D eigenvalue weighted by Crippen LogP contribution is 2.30. The number of amides is 1. The summed E-state index contributed by atoms with van der Waals surface area (Å²) in [6.07, 6.45) is 1.86. The number of rotatable bonds is 8. The Bertz CT molecular complexity index is 303. The molecule has 0 heterocycles. The van der Waals surface area contributed by atoms with Crippen molar-refractivity contribution in [3.05, 3.63) is 0 Å². The maximum atomic E-state index is 11.6. The van der Waals surface area contributed by atoms with E-state index >= 15 is 0 Å². The predicted molar refractivity (Wildman–Crippen MR) is 63.1 cm³/mol. The van der Waals surface area contributed by atoms with Crippen LogP contribution in [0.1, 0.15) is 46.0 Å². The van der Waals surface area contributed by atoms with Crippen LogP contribution >= 0.6 is 0 Å². The molecule has 0 aliphatic carbocycles. The molecule has 0 saturated heterocycles. The number of aliphatic carboxylic acids is 1. The Balaban J connectivity index is 4.24. The van der Waals surface area contributed by atoms with Crippen molar-refractivity contribution in [2.45, 2.75) is 46.0 Å². The highest BCUT2D eigenvalue weighted by molar-refractivity contribution is 5.84. The molecule has 0 atom stereocenters. The minimum absolute atomic E-state index is 0.00187. The van der Waals surface area contributed by atoms with Gasteiger partial charge in [-0.2, -0.15) is 5.26 Å². The molecule has 0 aliphatic rings. The molecule has 5 heteroatoms. The molecule has 0 aliphatic heterocycles. The van der Waals surface area contributed by atoms with Crippen molar-refractivity contribution in [3.8, 4) is 6.07 Å². The fraction of sp³-hybridized carbons (Fsp3) is 0.750. The van der Waals surface area contributed by atoms with E-state index in [1.807, 2.05) is 6.07 Å². The number of nitriles is 1. The highest BCUT2D eigenvalue weighted by atomic mass is 16.4. The second-order valence-electron chi connectivity index (χ2n) is 4.08. The van der Waals surface area contributed by atoms with Crippen LogP contribution in [0, 0.1) is 16.7 Å². The van der Waals surface area contributed by atoms with Crippen molar-refractivity contribution < 1.29 is 14.7 Å². The van der Waals surface area contributed by atoms with Gasteiger partial charge in [0.15, 0.2) is 0 Å². The first-order chi connectivity index (χ1) is 8.02. The fourth-order valence-electron chi connectivity index (χ4n) is 1.64. The first-order valence-electron chi connectivity index (χ1n) is 5.89. The van der Waals surface area contributed by atoms with Gasteiger partial charge >= 0.3 is 5.97 Å². The Hall–Kier alpha value is -1.57. The predicted octanol–water partition coefficient (Wildman–Crippen LogP) is 1.69. The SMILES string of the molecule is CCC(CC)(CC(=O)NCCCC#N)C(=O)O. The summed E-state index contributed by atoms with van der Waals surface area (Å²) in [6, 6.07) is 1.98. The van der Waals surface area contributed by atoms with E-state index in [1.165, 1.54) is 0 Å². The summed E-state index contributed by atoms with van der Waals surface area (Å²) < 4.78 is 0. The maximum absolute atomic E-state index is 11.6. The Morgan fingerprint density at radius 2 is 1.94 bits per heavy atom. The number of hydrogen-bond donors (Lipinski definition) is 2. The number of unbranched alkanes of at least 4 members (excludes halogenated alkanes) is 1. The minimum Gasteiger partial charge on any atom is -0.481 e. The summed E-state index contributed by atoms with van der Waals surface area (Å²) in [5.41, 5.74) is -0.959. The Morgan fingerprint density at radius 1 is 1.35 bits per heavy atom. The second-order valence-corrected chi connectivity index (χ2v) is 4.08. The van der Waals surface area contributed by atoms with Crippen molar-refractivity contribution in [3.63, 3.8) is 0 Å². The summed E-state index contributed by atoms with van der Waals surface area (Å²) in [6.45, 7) is 3.98. The lowest BCUT2D eigenvalue weighted by atomic mass is 9.79. The molecule has 17 heavy (non-hydrogen) atoms. The van der Waals surface area contributed by atoms with Crippen molar-refractivity contribution in [1.82, 2.24) is 5.32 Å². The van der Waals surface area contributed by atoms with Gasteiger partial charge < -0.3 is 10.4 Å². The number of carboxylic acid groups (broad SMARTS) is 1. The zero-order chi connectivity index (χ0) is 13.3. The largest absolute Gasteiger partial charge is 0.481 e. The maximum Gasteiger partial charge on any atom is 0.310 e. The zero-order valence-corrected chi connectivity index (χ0v) is 10.5. The summed E-state index contributed by atoms with van der Waals surface area (Å²) in [5, 5.41) is 20.1. The Kier molecular flexibility index (Phi) is 6.95. The average Bonchev–Trinajstić information content (AvgIpc) is 2.31. The van der Waals surface area contributed by atoms with Crippen LogP contribution in [0.5, 0.6) is 0 Å². The molecule has 0 aromatic heterocycles. The second kappa shape index (κ2) is 7.66. The monoisotopic (exact) mass is 240 g/mol. The van der Waals surface area contributed by atoms with Gasteiger partial charge in [-0.1, -0.05) is 13.8 Å². The Labute approximate surface area is 102 Å². The molecule has 0 rings (SSSR count). The first-order valence-corrected chi connectivity index (χ1v) is 5.89. The third-order valence-electron chi connectivity index (χ3n) is 3.09. The Morgan fingerprint density at radius 3 is 2.35 bits per heavy atom. The van der Waals surface area contributed by atoms with Crippen LogP contribution in [0.25, 0.3) is 0 Å². The van der Waals surface area contributed by atoms with Crippen LogP contribution in [-0.4, -0.2) is 23.5 Å². The van der Waals surface area contributed by atoms with E-state index in [0.717, 1.165) is 0 Å². The normalized spacial score (nSPS) is 10.6. The molecule has 0 unspecified atom stereocenters. The van der Waals surface area contributed by atoms with Crippen molar-refractivity contribution >= 4 is 11.9 Å². The van der Waals surface area contributed by atoms with Crippen LogP contribution in [0.15, 0.2) is 0 Å².